The van der Waals surface area contributed by atoms with E-state index >= 15 is 0 Å². The maximum atomic E-state index is 5.02. The van der Waals surface area contributed by atoms with Crippen LogP contribution >= 0.6 is 0 Å². The van der Waals surface area contributed by atoms with Gasteiger partial charge in [0.15, 0.2) is 5.65 Å². The Morgan fingerprint density at radius 3 is 3.29 bits per heavy atom. The first-order valence-electron chi connectivity index (χ1n) is 4.42. The largest absolute Gasteiger partial charge is 0.304 e. The molecule has 5 heteroatoms. The molecule has 2 aromatic heterocycles. The van der Waals surface area contributed by atoms with E-state index in [0.29, 0.717) is 6.61 Å². The lowest BCUT2D eigenvalue weighted by Crippen LogP contribution is -2.09. The van der Waals surface area contributed by atoms with E-state index < -0.39 is 0 Å². The second-order valence-corrected chi connectivity index (χ2v) is 3.26. The van der Waals surface area contributed by atoms with Crippen LogP contribution in [0.15, 0.2) is 24.7 Å². The summed E-state index contributed by atoms with van der Waals surface area (Å²) < 4.78 is 1.74. The lowest BCUT2D eigenvalue weighted by atomic mass is 10.1. The molecule has 14 heavy (non-hydrogen) atoms. The second-order valence-electron chi connectivity index (χ2n) is 3.26. The van der Waals surface area contributed by atoms with Gasteiger partial charge >= 0.3 is 0 Å². The monoisotopic (exact) mass is 192 g/mol. The third-order valence-electron chi connectivity index (χ3n) is 2.18. The maximum Gasteiger partial charge on any atom is 0.154 e. The number of hydrogen-bond donors (Lipinski definition) is 1. The molecule has 1 atom stereocenters. The van der Waals surface area contributed by atoms with Gasteiger partial charge < -0.3 is 4.84 Å². The van der Waals surface area contributed by atoms with Crippen LogP contribution in [0.4, 0.5) is 0 Å². The SMILES string of the molecule is CC(CON)c1cnc2ccnn2c1. The van der Waals surface area contributed by atoms with Gasteiger partial charge in [-0.3, -0.25) is 0 Å². The molecular weight excluding hydrogens is 180 g/mol. The van der Waals surface area contributed by atoms with E-state index in [-0.39, 0.29) is 5.92 Å². The summed E-state index contributed by atoms with van der Waals surface area (Å²) in [6.07, 6.45) is 5.48. The summed E-state index contributed by atoms with van der Waals surface area (Å²) in [5.74, 6) is 5.24. The summed E-state index contributed by atoms with van der Waals surface area (Å²) in [4.78, 5) is 8.84. The van der Waals surface area contributed by atoms with E-state index in [9.17, 15) is 0 Å². The van der Waals surface area contributed by atoms with Crippen LogP contribution in [0.5, 0.6) is 0 Å². The van der Waals surface area contributed by atoms with E-state index in [1.807, 2.05) is 25.4 Å². The zero-order chi connectivity index (χ0) is 9.97. The summed E-state index contributed by atoms with van der Waals surface area (Å²) in [7, 11) is 0. The maximum absolute atomic E-state index is 5.02. The first kappa shape index (κ1) is 9.11. The minimum absolute atomic E-state index is 0.223. The van der Waals surface area contributed by atoms with Crippen LogP contribution in [0.1, 0.15) is 18.4 Å². The lowest BCUT2D eigenvalue weighted by molar-refractivity contribution is 0.126. The van der Waals surface area contributed by atoms with Crippen molar-refractivity contribution in [2.75, 3.05) is 6.61 Å². The molecule has 0 aromatic carbocycles. The molecule has 0 amide bonds. The minimum atomic E-state index is 0.223. The van der Waals surface area contributed by atoms with E-state index in [1.54, 1.807) is 10.7 Å². The van der Waals surface area contributed by atoms with Crippen LogP contribution in [-0.4, -0.2) is 21.2 Å². The molecule has 74 valence electrons. The molecular formula is C9H12N4O. The number of nitrogens with zero attached hydrogens (tertiary/aromatic N) is 3. The molecule has 5 nitrogen and oxygen atoms in total. The van der Waals surface area contributed by atoms with Gasteiger partial charge in [0.1, 0.15) is 0 Å². The fourth-order valence-corrected chi connectivity index (χ4v) is 1.32. The lowest BCUT2D eigenvalue weighted by Gasteiger charge is -2.09. The number of aromatic nitrogens is 3. The van der Waals surface area contributed by atoms with Crippen molar-refractivity contribution in [3.8, 4) is 0 Å². The Labute approximate surface area is 81.5 Å². The smallest absolute Gasteiger partial charge is 0.154 e. The Kier molecular flexibility index (Phi) is 2.43. The zero-order valence-electron chi connectivity index (χ0n) is 7.92. The van der Waals surface area contributed by atoms with Crippen molar-refractivity contribution in [2.24, 2.45) is 5.90 Å². The Hall–Kier alpha value is -1.46. The Bertz CT molecular complexity index is 425. The molecule has 0 fully saturated rings. The van der Waals surface area contributed by atoms with E-state index in [2.05, 4.69) is 14.9 Å². The number of hydrogen-bond acceptors (Lipinski definition) is 4. The first-order valence-corrected chi connectivity index (χ1v) is 4.42. The summed E-state index contributed by atoms with van der Waals surface area (Å²) in [6, 6.07) is 1.86. The Morgan fingerprint density at radius 2 is 2.50 bits per heavy atom. The minimum Gasteiger partial charge on any atom is -0.304 e. The normalized spacial score (nSPS) is 13.3. The van der Waals surface area contributed by atoms with Gasteiger partial charge in [-0.1, -0.05) is 6.92 Å². The van der Waals surface area contributed by atoms with Crippen LogP contribution in [0.3, 0.4) is 0 Å². The molecule has 1 unspecified atom stereocenters. The van der Waals surface area contributed by atoms with Crippen LogP contribution < -0.4 is 5.90 Å². The van der Waals surface area contributed by atoms with Crippen LogP contribution in [0.2, 0.25) is 0 Å². The van der Waals surface area contributed by atoms with Crippen molar-refractivity contribution in [2.45, 2.75) is 12.8 Å². The first-order chi connectivity index (χ1) is 6.81. The number of nitrogens with two attached hydrogens (primary N) is 1. The molecule has 0 aliphatic rings. The Morgan fingerprint density at radius 1 is 1.64 bits per heavy atom. The predicted octanol–water partition coefficient (Wildman–Crippen LogP) is 0.723. The van der Waals surface area contributed by atoms with Crippen molar-refractivity contribution < 1.29 is 4.84 Å². The van der Waals surface area contributed by atoms with Gasteiger partial charge in [-0.15, -0.1) is 0 Å². The van der Waals surface area contributed by atoms with Gasteiger partial charge in [0.25, 0.3) is 0 Å². The van der Waals surface area contributed by atoms with Crippen LogP contribution in [0.25, 0.3) is 5.65 Å². The molecule has 0 spiro atoms. The average Bonchev–Trinajstić information content (AvgIpc) is 2.64. The van der Waals surface area contributed by atoms with Gasteiger partial charge in [-0.2, -0.15) is 5.10 Å². The predicted molar refractivity (Wildman–Crippen MR) is 51.5 cm³/mol. The summed E-state index contributed by atoms with van der Waals surface area (Å²) >= 11 is 0. The fraction of sp³-hybridized carbons (Fsp3) is 0.333. The zero-order valence-corrected chi connectivity index (χ0v) is 7.92. The van der Waals surface area contributed by atoms with Gasteiger partial charge in [0.05, 0.1) is 12.8 Å². The molecule has 0 radical (unpaired) electrons. The van der Waals surface area contributed by atoms with E-state index in [4.69, 9.17) is 5.90 Å². The molecule has 2 aromatic rings. The third kappa shape index (κ3) is 1.59. The molecule has 2 N–H and O–H groups in total. The topological polar surface area (TPSA) is 65.4 Å². The highest BCUT2D eigenvalue weighted by Crippen LogP contribution is 2.13. The van der Waals surface area contributed by atoms with Gasteiger partial charge in [0, 0.05) is 24.4 Å². The summed E-state index contributed by atoms with van der Waals surface area (Å²) in [5, 5.41) is 4.10. The van der Waals surface area contributed by atoms with E-state index in [0.717, 1.165) is 11.2 Å². The Balaban J connectivity index is 2.33. The summed E-state index contributed by atoms with van der Waals surface area (Å²) in [6.45, 7) is 2.51. The fourth-order valence-electron chi connectivity index (χ4n) is 1.32. The average molecular weight is 192 g/mol. The molecule has 2 rings (SSSR count). The third-order valence-corrected chi connectivity index (χ3v) is 2.18. The van der Waals surface area contributed by atoms with Crippen LogP contribution in [-0.2, 0) is 4.84 Å². The molecule has 0 aliphatic heterocycles. The standard InChI is InChI=1S/C9H12N4O/c1-7(6-14-10)8-4-11-9-2-3-12-13(9)5-8/h2-5,7H,6,10H2,1H3. The molecule has 0 saturated heterocycles. The van der Waals surface area contributed by atoms with Crippen LogP contribution in [0, 0.1) is 0 Å². The van der Waals surface area contributed by atoms with Gasteiger partial charge in [-0.25, -0.2) is 15.4 Å². The van der Waals surface area contributed by atoms with Crippen molar-refractivity contribution in [1.82, 2.24) is 14.6 Å². The highest BCUT2D eigenvalue weighted by Gasteiger charge is 2.06. The quantitative estimate of drug-likeness (QED) is 0.728. The molecule has 2 heterocycles. The molecule has 0 aliphatic carbocycles. The van der Waals surface area contributed by atoms with Crippen molar-refractivity contribution in [1.29, 1.82) is 0 Å². The van der Waals surface area contributed by atoms with Crippen molar-refractivity contribution in [3.63, 3.8) is 0 Å². The highest BCUT2D eigenvalue weighted by atomic mass is 16.6. The molecule has 0 bridgehead atoms. The van der Waals surface area contributed by atoms with Gasteiger partial charge in [0.2, 0.25) is 0 Å². The second kappa shape index (κ2) is 3.73. The number of fused-ring (bicyclic) bond motifs is 1. The molecule has 0 saturated carbocycles. The van der Waals surface area contributed by atoms with Gasteiger partial charge in [-0.05, 0) is 5.56 Å². The van der Waals surface area contributed by atoms with Crippen molar-refractivity contribution in [3.05, 3.63) is 30.2 Å². The summed E-state index contributed by atoms with van der Waals surface area (Å²) in [5.41, 5.74) is 1.90. The number of rotatable bonds is 3. The van der Waals surface area contributed by atoms with E-state index in [1.165, 1.54) is 0 Å². The van der Waals surface area contributed by atoms with Crippen molar-refractivity contribution >= 4 is 5.65 Å². The highest BCUT2D eigenvalue weighted by molar-refractivity contribution is 5.36.